The summed E-state index contributed by atoms with van der Waals surface area (Å²) in [4.78, 5) is 11.9. The number of aryl methyl sites for hydroxylation is 1. The minimum absolute atomic E-state index is 0.0261. The molecule has 0 aliphatic carbocycles. The maximum absolute atomic E-state index is 12.0. The van der Waals surface area contributed by atoms with Gasteiger partial charge in [0.05, 0.1) is 7.11 Å². The van der Waals surface area contributed by atoms with E-state index in [1.807, 2.05) is 55.5 Å². The molecule has 144 valence electrons. The second-order valence-electron chi connectivity index (χ2n) is 5.99. The van der Waals surface area contributed by atoms with E-state index in [1.165, 1.54) is 6.08 Å². The van der Waals surface area contributed by atoms with Crippen LogP contribution < -0.4 is 14.8 Å². The van der Waals surface area contributed by atoms with E-state index in [2.05, 4.69) is 10.0 Å². The predicted octanol–water partition coefficient (Wildman–Crippen LogP) is 2.60. The number of ether oxygens (including phenoxy) is 1. The van der Waals surface area contributed by atoms with Crippen LogP contribution >= 0.6 is 0 Å². The highest BCUT2D eigenvalue weighted by Crippen LogP contribution is 2.16. The fourth-order valence-corrected chi connectivity index (χ4v) is 3.15. The van der Waals surface area contributed by atoms with Gasteiger partial charge in [0.1, 0.15) is 5.75 Å². The number of carbonyl (C=O) groups is 1. The highest BCUT2D eigenvalue weighted by molar-refractivity contribution is 7.92. The molecule has 7 heteroatoms. The number of methoxy groups -OCH3 is 1. The van der Waals surface area contributed by atoms with Gasteiger partial charge in [-0.1, -0.05) is 48.0 Å². The van der Waals surface area contributed by atoms with Crippen LogP contribution in [-0.2, 0) is 21.4 Å². The standard InChI is InChI=1S/C20H24N2O4S/c1-16-7-9-17(10-8-16)12-14-27(24,25)22-13-11-20(23)21-15-18-5-3-4-6-19(18)26-2/h3-10,12,14,22H,11,13,15H2,1-2H3,(H,21,23)/b14-12+. The summed E-state index contributed by atoms with van der Waals surface area (Å²) in [6, 6.07) is 14.9. The van der Waals surface area contributed by atoms with Gasteiger partial charge in [0.25, 0.3) is 0 Å². The number of hydrogen-bond donors (Lipinski definition) is 2. The molecule has 0 radical (unpaired) electrons. The third kappa shape index (κ3) is 7.24. The molecule has 0 bridgehead atoms. The van der Waals surface area contributed by atoms with Gasteiger partial charge in [-0.2, -0.15) is 0 Å². The lowest BCUT2D eigenvalue weighted by molar-refractivity contribution is -0.121. The Balaban J connectivity index is 1.77. The van der Waals surface area contributed by atoms with E-state index < -0.39 is 10.0 Å². The lowest BCUT2D eigenvalue weighted by Crippen LogP contribution is -2.29. The van der Waals surface area contributed by atoms with E-state index in [4.69, 9.17) is 4.74 Å². The molecule has 2 N–H and O–H groups in total. The fourth-order valence-electron chi connectivity index (χ4n) is 2.33. The molecule has 2 aromatic carbocycles. The van der Waals surface area contributed by atoms with Crippen LogP contribution in [0.3, 0.4) is 0 Å². The third-order valence-electron chi connectivity index (χ3n) is 3.84. The van der Waals surface area contributed by atoms with Gasteiger partial charge in [0.2, 0.25) is 15.9 Å². The SMILES string of the molecule is COc1ccccc1CNC(=O)CCNS(=O)(=O)/C=C/c1ccc(C)cc1. The molecule has 0 saturated carbocycles. The lowest BCUT2D eigenvalue weighted by Gasteiger charge is -2.09. The summed E-state index contributed by atoms with van der Waals surface area (Å²) < 4.78 is 31.6. The molecular formula is C20H24N2O4S. The van der Waals surface area contributed by atoms with Crippen LogP contribution in [0.1, 0.15) is 23.1 Å². The summed E-state index contributed by atoms with van der Waals surface area (Å²) in [5, 5.41) is 3.85. The number of carbonyl (C=O) groups excluding carboxylic acids is 1. The summed E-state index contributed by atoms with van der Waals surface area (Å²) in [5.41, 5.74) is 2.75. The Morgan fingerprint density at radius 2 is 1.81 bits per heavy atom. The average Bonchev–Trinajstić information content (AvgIpc) is 2.66. The Morgan fingerprint density at radius 1 is 1.11 bits per heavy atom. The minimum atomic E-state index is -3.59. The molecule has 27 heavy (non-hydrogen) atoms. The monoisotopic (exact) mass is 388 g/mol. The van der Waals surface area contributed by atoms with Crippen molar-refractivity contribution in [2.75, 3.05) is 13.7 Å². The molecule has 0 saturated heterocycles. The van der Waals surface area contributed by atoms with Crippen LogP contribution in [0.2, 0.25) is 0 Å². The maximum Gasteiger partial charge on any atom is 0.233 e. The van der Waals surface area contributed by atoms with Crippen LogP contribution in [-0.4, -0.2) is 28.0 Å². The smallest absolute Gasteiger partial charge is 0.233 e. The summed E-state index contributed by atoms with van der Waals surface area (Å²) >= 11 is 0. The molecule has 0 aliphatic heterocycles. The van der Waals surface area contributed by atoms with Crippen molar-refractivity contribution in [2.24, 2.45) is 0 Å². The lowest BCUT2D eigenvalue weighted by atomic mass is 10.2. The van der Waals surface area contributed by atoms with E-state index in [0.717, 1.165) is 22.1 Å². The predicted molar refractivity (Wildman–Crippen MR) is 107 cm³/mol. The van der Waals surface area contributed by atoms with Crippen LogP contribution in [0.15, 0.2) is 53.9 Å². The van der Waals surface area contributed by atoms with Gasteiger partial charge in [0.15, 0.2) is 0 Å². The summed E-state index contributed by atoms with van der Waals surface area (Å²) in [6.45, 7) is 2.31. The normalized spacial score (nSPS) is 11.5. The molecule has 2 rings (SSSR count). The van der Waals surface area contributed by atoms with Crippen LogP contribution in [0, 0.1) is 6.92 Å². The first kappa shape index (κ1) is 20.7. The highest BCUT2D eigenvalue weighted by atomic mass is 32.2. The molecule has 0 spiro atoms. The zero-order chi connectivity index (χ0) is 19.7. The van der Waals surface area contributed by atoms with Crippen molar-refractivity contribution in [1.29, 1.82) is 0 Å². The van der Waals surface area contributed by atoms with Crippen molar-refractivity contribution in [3.63, 3.8) is 0 Å². The van der Waals surface area contributed by atoms with Crippen LogP contribution in [0.4, 0.5) is 0 Å². The van der Waals surface area contributed by atoms with Gasteiger partial charge >= 0.3 is 0 Å². The van der Waals surface area contributed by atoms with E-state index in [-0.39, 0.29) is 18.9 Å². The number of amides is 1. The molecule has 2 aromatic rings. The van der Waals surface area contributed by atoms with E-state index in [1.54, 1.807) is 7.11 Å². The largest absolute Gasteiger partial charge is 0.496 e. The molecule has 0 atom stereocenters. The van der Waals surface area contributed by atoms with Crippen LogP contribution in [0.25, 0.3) is 6.08 Å². The van der Waals surface area contributed by atoms with Gasteiger partial charge in [0, 0.05) is 30.5 Å². The van der Waals surface area contributed by atoms with Crippen molar-refractivity contribution in [2.45, 2.75) is 19.9 Å². The molecule has 0 aromatic heterocycles. The zero-order valence-electron chi connectivity index (χ0n) is 15.4. The van der Waals surface area contributed by atoms with E-state index >= 15 is 0 Å². The van der Waals surface area contributed by atoms with E-state index in [0.29, 0.717) is 12.3 Å². The summed E-state index contributed by atoms with van der Waals surface area (Å²) in [6.07, 6.45) is 1.57. The average molecular weight is 388 g/mol. The van der Waals surface area contributed by atoms with Gasteiger partial charge in [-0.25, -0.2) is 13.1 Å². The summed E-state index contributed by atoms with van der Waals surface area (Å²) in [7, 11) is -2.02. The van der Waals surface area contributed by atoms with Gasteiger partial charge in [-0.05, 0) is 24.6 Å². The van der Waals surface area contributed by atoms with Gasteiger partial charge in [-0.15, -0.1) is 0 Å². The number of sulfonamides is 1. The fraction of sp³-hybridized carbons (Fsp3) is 0.250. The molecule has 0 heterocycles. The number of nitrogens with one attached hydrogen (secondary N) is 2. The molecule has 6 nitrogen and oxygen atoms in total. The number of benzene rings is 2. The Morgan fingerprint density at radius 3 is 2.52 bits per heavy atom. The third-order valence-corrected chi connectivity index (χ3v) is 4.94. The van der Waals surface area contributed by atoms with Crippen molar-refractivity contribution in [3.8, 4) is 5.75 Å². The molecule has 0 unspecified atom stereocenters. The van der Waals surface area contributed by atoms with E-state index in [9.17, 15) is 13.2 Å². The summed E-state index contributed by atoms with van der Waals surface area (Å²) in [5.74, 6) is 0.450. The van der Waals surface area contributed by atoms with Crippen molar-refractivity contribution in [3.05, 3.63) is 70.6 Å². The zero-order valence-corrected chi connectivity index (χ0v) is 16.3. The number of para-hydroxylation sites is 1. The number of rotatable bonds is 9. The minimum Gasteiger partial charge on any atom is -0.496 e. The molecule has 0 aliphatic rings. The Labute approximate surface area is 160 Å². The van der Waals surface area contributed by atoms with Crippen molar-refractivity contribution < 1.29 is 17.9 Å². The first-order valence-electron chi connectivity index (χ1n) is 8.52. The second-order valence-corrected chi connectivity index (χ2v) is 7.64. The Bertz CT molecular complexity index is 890. The quantitative estimate of drug-likeness (QED) is 0.692. The Kier molecular flexibility index (Phi) is 7.57. The molecular weight excluding hydrogens is 364 g/mol. The van der Waals surface area contributed by atoms with Crippen molar-refractivity contribution >= 4 is 22.0 Å². The van der Waals surface area contributed by atoms with Crippen molar-refractivity contribution in [1.82, 2.24) is 10.0 Å². The topological polar surface area (TPSA) is 84.5 Å². The van der Waals surface area contributed by atoms with Crippen LogP contribution in [0.5, 0.6) is 5.75 Å². The number of hydrogen-bond acceptors (Lipinski definition) is 4. The highest BCUT2D eigenvalue weighted by Gasteiger charge is 2.08. The first-order valence-corrected chi connectivity index (χ1v) is 10.1. The van der Waals surface area contributed by atoms with Gasteiger partial charge in [-0.3, -0.25) is 4.79 Å². The maximum atomic E-state index is 12.0. The second kappa shape index (κ2) is 9.89. The Hall–Kier alpha value is -2.64. The molecule has 1 amide bonds. The van der Waals surface area contributed by atoms with Gasteiger partial charge < -0.3 is 10.1 Å². The molecule has 0 fully saturated rings. The first-order chi connectivity index (χ1) is 12.9.